The molecule has 2 atom stereocenters. The molecule has 2 rings (SSSR count). The Labute approximate surface area is 156 Å². The summed E-state index contributed by atoms with van der Waals surface area (Å²) in [6, 6.07) is 10.3. The van der Waals surface area contributed by atoms with Gasteiger partial charge in [-0.2, -0.15) is 0 Å². The predicted molar refractivity (Wildman–Crippen MR) is 102 cm³/mol. The van der Waals surface area contributed by atoms with Crippen molar-refractivity contribution >= 4 is 11.9 Å². The van der Waals surface area contributed by atoms with Gasteiger partial charge in [-0.25, -0.2) is 0 Å². The number of piperidine rings is 1. The van der Waals surface area contributed by atoms with Gasteiger partial charge in [0, 0.05) is 25.7 Å². The lowest BCUT2D eigenvalue weighted by atomic mass is 10.0. The van der Waals surface area contributed by atoms with Gasteiger partial charge >= 0.3 is 5.97 Å². The minimum atomic E-state index is -0.796. The Hall–Kier alpha value is -1.92. The minimum absolute atomic E-state index is 0.0603. The number of carbonyl (C=O) groups is 2. The van der Waals surface area contributed by atoms with E-state index in [1.165, 1.54) is 5.56 Å². The topological polar surface area (TPSA) is 72.9 Å². The maximum atomic E-state index is 12.5. The van der Waals surface area contributed by atoms with Crippen molar-refractivity contribution in [3.8, 4) is 0 Å². The molecule has 2 N–H and O–H groups in total. The molecule has 1 heterocycles. The summed E-state index contributed by atoms with van der Waals surface area (Å²) in [5.74, 6) is -0.455. The fourth-order valence-electron chi connectivity index (χ4n) is 3.52. The first-order valence-corrected chi connectivity index (χ1v) is 9.37. The normalized spacial score (nSPS) is 18.5. The largest absolute Gasteiger partial charge is 0.480 e. The van der Waals surface area contributed by atoms with Crippen LogP contribution in [0.5, 0.6) is 0 Å². The molecule has 1 fully saturated rings. The summed E-state index contributed by atoms with van der Waals surface area (Å²) >= 11 is 0. The highest BCUT2D eigenvalue weighted by Gasteiger charge is 2.28. The Morgan fingerprint density at radius 2 is 1.85 bits per heavy atom. The number of aliphatic carboxylic acids is 1. The van der Waals surface area contributed by atoms with Crippen molar-refractivity contribution in [1.29, 1.82) is 0 Å². The highest BCUT2D eigenvalue weighted by Crippen LogP contribution is 2.18. The van der Waals surface area contributed by atoms with Gasteiger partial charge in [0.2, 0.25) is 5.91 Å². The fraction of sp³-hybridized carbons (Fsp3) is 0.600. The van der Waals surface area contributed by atoms with Crippen molar-refractivity contribution in [3.63, 3.8) is 0 Å². The van der Waals surface area contributed by atoms with Crippen LogP contribution in [0.4, 0.5) is 0 Å². The second kappa shape index (κ2) is 9.69. The van der Waals surface area contributed by atoms with Crippen molar-refractivity contribution in [3.05, 3.63) is 35.9 Å². The zero-order valence-corrected chi connectivity index (χ0v) is 16.0. The van der Waals surface area contributed by atoms with Gasteiger partial charge in [-0.3, -0.25) is 19.4 Å². The Morgan fingerprint density at radius 3 is 2.42 bits per heavy atom. The van der Waals surface area contributed by atoms with E-state index in [9.17, 15) is 9.59 Å². The summed E-state index contributed by atoms with van der Waals surface area (Å²) in [5, 5.41) is 12.0. The SMILES string of the molecule is CC(CNC(=O)C(C)N1CCC(N(C)CC(=O)O)CC1)c1ccccc1. The number of nitrogens with one attached hydrogen (secondary N) is 1. The van der Waals surface area contributed by atoms with Crippen LogP contribution in [-0.2, 0) is 9.59 Å². The average molecular weight is 361 g/mol. The first-order valence-electron chi connectivity index (χ1n) is 9.37. The quantitative estimate of drug-likeness (QED) is 0.738. The zero-order valence-electron chi connectivity index (χ0n) is 16.0. The standard InChI is InChI=1S/C20H31N3O3/c1-15(17-7-5-4-6-8-17)13-21-20(26)16(2)23-11-9-18(10-12-23)22(3)14-19(24)25/h4-8,15-16,18H,9-14H2,1-3H3,(H,21,26)(H,24,25). The molecule has 0 aliphatic carbocycles. The number of carbonyl (C=O) groups excluding carboxylic acids is 1. The van der Waals surface area contributed by atoms with Crippen molar-refractivity contribution in [2.45, 2.75) is 44.7 Å². The number of carboxylic acids is 1. The van der Waals surface area contributed by atoms with E-state index in [2.05, 4.69) is 29.3 Å². The Balaban J connectivity index is 1.76. The molecule has 0 radical (unpaired) electrons. The minimum Gasteiger partial charge on any atom is -0.480 e. The number of hydrogen-bond donors (Lipinski definition) is 2. The van der Waals surface area contributed by atoms with E-state index in [1.54, 1.807) is 0 Å². The second-order valence-electron chi connectivity index (χ2n) is 7.31. The number of carboxylic acid groups (broad SMARTS) is 1. The molecule has 0 bridgehead atoms. The molecule has 6 heteroatoms. The molecule has 26 heavy (non-hydrogen) atoms. The summed E-state index contributed by atoms with van der Waals surface area (Å²) < 4.78 is 0. The van der Waals surface area contributed by atoms with Crippen LogP contribution >= 0.6 is 0 Å². The molecule has 2 unspecified atom stereocenters. The monoisotopic (exact) mass is 361 g/mol. The van der Waals surface area contributed by atoms with Crippen molar-refractivity contribution in [2.75, 3.05) is 33.2 Å². The summed E-state index contributed by atoms with van der Waals surface area (Å²) in [6.07, 6.45) is 1.78. The van der Waals surface area contributed by atoms with Crippen LogP contribution in [0.3, 0.4) is 0 Å². The average Bonchev–Trinajstić information content (AvgIpc) is 2.65. The highest BCUT2D eigenvalue weighted by atomic mass is 16.4. The number of amides is 1. The van der Waals surface area contributed by atoms with Crippen LogP contribution in [0, 0.1) is 0 Å². The van der Waals surface area contributed by atoms with Crippen molar-refractivity contribution in [1.82, 2.24) is 15.1 Å². The van der Waals surface area contributed by atoms with E-state index in [4.69, 9.17) is 5.11 Å². The van der Waals surface area contributed by atoms with E-state index < -0.39 is 5.97 Å². The third kappa shape index (κ3) is 5.81. The van der Waals surface area contributed by atoms with Crippen LogP contribution in [0.2, 0.25) is 0 Å². The van der Waals surface area contributed by atoms with E-state index in [1.807, 2.05) is 37.1 Å². The molecule has 1 saturated heterocycles. The molecule has 1 aromatic rings. The summed E-state index contributed by atoms with van der Waals surface area (Å²) in [7, 11) is 1.86. The third-order valence-electron chi connectivity index (χ3n) is 5.39. The number of likely N-dealkylation sites (tertiary alicyclic amines) is 1. The first kappa shape index (κ1) is 20.4. The van der Waals surface area contributed by atoms with Gasteiger partial charge in [-0.15, -0.1) is 0 Å². The number of benzene rings is 1. The summed E-state index contributed by atoms with van der Waals surface area (Å²) in [6.45, 7) is 6.39. The fourth-order valence-corrected chi connectivity index (χ4v) is 3.52. The molecular weight excluding hydrogens is 330 g/mol. The molecule has 1 aliphatic rings. The zero-order chi connectivity index (χ0) is 19.1. The lowest BCUT2D eigenvalue weighted by Crippen LogP contribution is -2.52. The van der Waals surface area contributed by atoms with Crippen LogP contribution in [0.15, 0.2) is 30.3 Å². The highest BCUT2D eigenvalue weighted by molar-refractivity contribution is 5.81. The van der Waals surface area contributed by atoms with Gasteiger partial charge in [-0.1, -0.05) is 37.3 Å². The van der Waals surface area contributed by atoms with Gasteiger partial charge in [0.25, 0.3) is 0 Å². The van der Waals surface area contributed by atoms with Gasteiger partial charge in [-0.05, 0) is 38.3 Å². The third-order valence-corrected chi connectivity index (χ3v) is 5.39. The Morgan fingerprint density at radius 1 is 1.23 bits per heavy atom. The predicted octanol–water partition coefficient (Wildman–Crippen LogP) is 1.78. The molecule has 144 valence electrons. The lowest BCUT2D eigenvalue weighted by molar-refractivity contribution is -0.138. The van der Waals surface area contributed by atoms with E-state index in [-0.39, 0.29) is 30.5 Å². The van der Waals surface area contributed by atoms with Crippen LogP contribution < -0.4 is 5.32 Å². The molecule has 1 amide bonds. The maximum Gasteiger partial charge on any atom is 0.317 e. The molecule has 0 spiro atoms. The number of nitrogens with zero attached hydrogens (tertiary/aromatic N) is 2. The van der Waals surface area contributed by atoms with Gasteiger partial charge < -0.3 is 10.4 Å². The van der Waals surface area contributed by atoms with Crippen LogP contribution in [0.1, 0.15) is 38.2 Å². The molecule has 1 aromatic carbocycles. The molecule has 1 aliphatic heterocycles. The lowest BCUT2D eigenvalue weighted by Gasteiger charge is -2.38. The van der Waals surface area contributed by atoms with Crippen molar-refractivity contribution < 1.29 is 14.7 Å². The maximum absolute atomic E-state index is 12.5. The van der Waals surface area contributed by atoms with Crippen LogP contribution in [0.25, 0.3) is 0 Å². The summed E-state index contributed by atoms with van der Waals surface area (Å²) in [5.41, 5.74) is 1.22. The molecular formula is C20H31N3O3. The number of hydrogen-bond acceptors (Lipinski definition) is 4. The van der Waals surface area contributed by atoms with Gasteiger partial charge in [0.1, 0.15) is 0 Å². The Bertz CT molecular complexity index is 585. The smallest absolute Gasteiger partial charge is 0.317 e. The first-order chi connectivity index (χ1) is 12.4. The van der Waals surface area contributed by atoms with Crippen LogP contribution in [-0.4, -0.2) is 72.1 Å². The van der Waals surface area contributed by atoms with Gasteiger partial charge in [0.05, 0.1) is 12.6 Å². The Kier molecular flexibility index (Phi) is 7.60. The molecule has 0 saturated carbocycles. The van der Waals surface area contributed by atoms with E-state index in [0.717, 1.165) is 25.9 Å². The van der Waals surface area contributed by atoms with Gasteiger partial charge in [0.15, 0.2) is 0 Å². The number of rotatable bonds is 8. The molecule has 6 nitrogen and oxygen atoms in total. The molecule has 0 aromatic heterocycles. The second-order valence-corrected chi connectivity index (χ2v) is 7.31. The summed E-state index contributed by atoms with van der Waals surface area (Å²) in [4.78, 5) is 27.4. The number of likely N-dealkylation sites (N-methyl/N-ethyl adjacent to an activating group) is 1. The van der Waals surface area contributed by atoms with Crippen molar-refractivity contribution in [2.24, 2.45) is 0 Å². The van der Waals surface area contributed by atoms with E-state index in [0.29, 0.717) is 6.54 Å². The van der Waals surface area contributed by atoms with E-state index >= 15 is 0 Å².